The van der Waals surface area contributed by atoms with Crippen LogP contribution in [-0.2, 0) is 19.1 Å². The summed E-state index contributed by atoms with van der Waals surface area (Å²) in [6, 6.07) is 18.9. The van der Waals surface area contributed by atoms with Crippen LogP contribution in [0.2, 0.25) is 10.0 Å². The topological polar surface area (TPSA) is 181 Å². The van der Waals surface area contributed by atoms with Gasteiger partial charge in [0.15, 0.2) is 6.23 Å². The molecule has 384 valence electrons. The number of amides is 4. The fourth-order valence-electron chi connectivity index (χ4n) is 10.2. The van der Waals surface area contributed by atoms with E-state index in [2.05, 4.69) is 20.6 Å². The van der Waals surface area contributed by atoms with Crippen molar-refractivity contribution >= 4 is 69.1 Å². The number of rotatable bonds is 13. The lowest BCUT2D eigenvalue weighted by Crippen LogP contribution is -2.59. The minimum atomic E-state index is -0.967. The Balaban J connectivity index is 0.833. The number of aliphatic hydroxyl groups excluding tert-OH is 1. The molecular formula is C55H62Cl2N8O7S. The molecule has 3 aliphatic heterocycles. The second kappa shape index (κ2) is 21.9. The molecule has 4 amide bonds. The van der Waals surface area contributed by atoms with Crippen LogP contribution in [0.3, 0.4) is 0 Å². The molecule has 3 aromatic carbocycles. The number of hydrogen-bond donors (Lipinski definition) is 3. The van der Waals surface area contributed by atoms with Gasteiger partial charge >= 0.3 is 0 Å². The van der Waals surface area contributed by atoms with Gasteiger partial charge in [-0.1, -0.05) is 80.4 Å². The number of fused-ring (bicyclic) bond motifs is 1. The number of nitrogens with one attached hydrogen (secondary N) is 2. The number of benzene rings is 3. The second-order valence-corrected chi connectivity index (χ2v) is 22.2. The minimum absolute atomic E-state index is 0.0255. The van der Waals surface area contributed by atoms with Crippen LogP contribution in [0.25, 0.3) is 32.6 Å². The number of carbonyl (C=O) groups excluding carboxylic acids is 4. The molecule has 15 nitrogen and oxygen atoms in total. The van der Waals surface area contributed by atoms with Crippen molar-refractivity contribution in [2.24, 2.45) is 11.3 Å². The van der Waals surface area contributed by atoms with E-state index in [9.17, 15) is 24.3 Å². The summed E-state index contributed by atoms with van der Waals surface area (Å²) in [6.07, 6.45) is 5.27. The Morgan fingerprint density at radius 3 is 2.23 bits per heavy atom. The summed E-state index contributed by atoms with van der Waals surface area (Å²) in [5.41, 5.74) is 7.57. The van der Waals surface area contributed by atoms with E-state index < -0.39 is 41.5 Å². The molecule has 0 saturated carbocycles. The van der Waals surface area contributed by atoms with E-state index in [0.29, 0.717) is 59.5 Å². The number of aromatic nitrogens is 4. The summed E-state index contributed by atoms with van der Waals surface area (Å²) in [7, 11) is 0. The average Bonchev–Trinajstić information content (AvgIpc) is 4.11. The lowest BCUT2D eigenvalue weighted by molar-refractivity contribution is -0.144. The molecule has 0 radical (unpaired) electrons. The van der Waals surface area contributed by atoms with Crippen LogP contribution in [-0.4, -0.2) is 103 Å². The molecule has 3 aliphatic rings. The summed E-state index contributed by atoms with van der Waals surface area (Å²) in [6.45, 7) is 12.7. The zero-order valence-corrected chi connectivity index (χ0v) is 44.3. The van der Waals surface area contributed by atoms with Gasteiger partial charge < -0.3 is 35.0 Å². The predicted molar refractivity (Wildman–Crippen MR) is 282 cm³/mol. The number of nitrogens with zero attached hydrogens (tertiary/aromatic N) is 6. The van der Waals surface area contributed by atoms with Crippen LogP contribution in [0.1, 0.15) is 119 Å². The zero-order valence-electron chi connectivity index (χ0n) is 41.9. The van der Waals surface area contributed by atoms with Crippen LogP contribution in [0.4, 0.5) is 0 Å². The maximum Gasteiger partial charge on any atom is 0.253 e. The molecule has 1 unspecified atom stereocenters. The Labute approximate surface area is 439 Å². The number of ether oxygens (including phenoxy) is 2. The molecule has 3 fully saturated rings. The highest BCUT2D eigenvalue weighted by atomic mass is 35.5. The first-order chi connectivity index (χ1) is 34.9. The van der Waals surface area contributed by atoms with Crippen molar-refractivity contribution in [3.05, 3.63) is 117 Å². The van der Waals surface area contributed by atoms with Crippen molar-refractivity contribution in [2.45, 2.75) is 117 Å². The van der Waals surface area contributed by atoms with Crippen LogP contribution in [0, 0.1) is 18.3 Å². The molecule has 73 heavy (non-hydrogen) atoms. The Hall–Kier alpha value is -5.91. The van der Waals surface area contributed by atoms with Crippen LogP contribution in [0.15, 0.2) is 84.6 Å². The first-order valence-corrected chi connectivity index (χ1v) is 26.7. The molecule has 9 rings (SSSR count). The van der Waals surface area contributed by atoms with Crippen molar-refractivity contribution in [3.8, 4) is 27.4 Å². The molecule has 6 atom stereocenters. The fraction of sp³-hybridized carbons (Fsp3) is 0.436. The summed E-state index contributed by atoms with van der Waals surface area (Å²) >= 11 is 14.5. The molecule has 18 heteroatoms. The van der Waals surface area contributed by atoms with Gasteiger partial charge in [-0.3, -0.25) is 24.2 Å². The van der Waals surface area contributed by atoms with E-state index in [1.54, 1.807) is 40.8 Å². The van der Waals surface area contributed by atoms with Crippen molar-refractivity contribution in [3.63, 3.8) is 0 Å². The number of hydrogen-bond acceptors (Lipinski definition) is 11. The first-order valence-electron chi connectivity index (χ1n) is 25.0. The maximum atomic E-state index is 14.4. The van der Waals surface area contributed by atoms with Crippen molar-refractivity contribution < 1.29 is 33.8 Å². The number of carbonyl (C=O) groups is 4. The lowest BCUT2D eigenvalue weighted by atomic mass is 9.84. The molecule has 3 aromatic heterocycles. The van der Waals surface area contributed by atoms with Gasteiger partial charge in [-0.15, -0.1) is 11.3 Å². The van der Waals surface area contributed by atoms with Crippen LogP contribution >= 0.6 is 34.5 Å². The van der Waals surface area contributed by atoms with Gasteiger partial charge in [-0.2, -0.15) is 5.10 Å². The molecule has 0 bridgehead atoms. The number of aryl methyl sites for hydroxylation is 1. The first kappa shape index (κ1) is 52.0. The van der Waals surface area contributed by atoms with Gasteiger partial charge in [0.25, 0.3) is 5.91 Å². The summed E-state index contributed by atoms with van der Waals surface area (Å²) in [4.78, 5) is 68.9. The Kier molecular flexibility index (Phi) is 15.6. The van der Waals surface area contributed by atoms with Gasteiger partial charge in [-0.25, -0.2) is 9.67 Å². The summed E-state index contributed by atoms with van der Waals surface area (Å²) in [5.74, 6) is -1.06. The standard InChI is InChI=1S/C55H62Cl2N8O7S/c1-31(34-10-14-36(15-11-34)49-32(2)59-30-73-49)60-52(68)45-25-39(66)29-64(45)54(70)50(55(4,5)6)61-51(67)37-20-22-63(23-21-37)53(69)38-16-12-35(13-17-38)48-41-26-40(72-33(3)47-42(56)27-58-28-43(47)57)18-19-44(41)65(62-48)46-9-7-8-24-71-46/h10-19,26-28,30-31,33,37,39,45-46,50,66H,7-9,20-25,29H2,1-6H3,(H,60,68)(H,61,67)/t31-,33+,39+,45-,46?,50+/m0/s1. The molecule has 3 N–H and O–H groups in total. The van der Waals surface area contributed by atoms with Gasteiger partial charge in [0.05, 0.1) is 43.8 Å². The second-order valence-electron chi connectivity index (χ2n) is 20.5. The molecule has 0 aliphatic carbocycles. The zero-order chi connectivity index (χ0) is 51.7. The lowest BCUT2D eigenvalue weighted by Gasteiger charge is -2.37. The largest absolute Gasteiger partial charge is 0.486 e. The van der Waals surface area contributed by atoms with Crippen molar-refractivity contribution in [1.29, 1.82) is 0 Å². The predicted octanol–water partition coefficient (Wildman–Crippen LogP) is 9.90. The number of thiazole rings is 1. The van der Waals surface area contributed by atoms with Gasteiger partial charge in [0.1, 0.15) is 29.6 Å². The third kappa shape index (κ3) is 11.3. The number of β-amino-alcohol motifs (C(OH)–C–C–N with tert-alkyl or cyclic N) is 1. The molecule has 0 spiro atoms. The smallest absolute Gasteiger partial charge is 0.253 e. The summed E-state index contributed by atoms with van der Waals surface area (Å²) < 4.78 is 14.5. The normalized spacial score (nSPS) is 19.9. The highest BCUT2D eigenvalue weighted by Crippen LogP contribution is 2.38. The monoisotopic (exact) mass is 1050 g/mol. The Bertz CT molecular complexity index is 2960. The van der Waals surface area contributed by atoms with Crippen molar-refractivity contribution in [1.82, 2.24) is 40.2 Å². The van der Waals surface area contributed by atoms with Gasteiger partial charge in [-0.05, 0) is 99.7 Å². The number of aliphatic hydroxyl groups is 1. The molecule has 6 heterocycles. The Morgan fingerprint density at radius 1 is 0.890 bits per heavy atom. The Morgan fingerprint density at radius 2 is 1.59 bits per heavy atom. The van der Waals surface area contributed by atoms with E-state index in [1.807, 2.05) is 106 Å². The highest BCUT2D eigenvalue weighted by Gasteiger charge is 2.45. The van der Waals surface area contributed by atoms with Crippen LogP contribution < -0.4 is 15.4 Å². The maximum absolute atomic E-state index is 14.4. The van der Waals surface area contributed by atoms with Crippen LogP contribution in [0.5, 0.6) is 5.75 Å². The van der Waals surface area contributed by atoms with E-state index in [0.717, 1.165) is 63.1 Å². The third-order valence-electron chi connectivity index (χ3n) is 14.3. The van der Waals surface area contributed by atoms with E-state index in [1.165, 1.54) is 4.90 Å². The average molecular weight is 1050 g/mol. The number of pyridine rings is 1. The quantitative estimate of drug-likeness (QED) is 0.101. The van der Waals surface area contributed by atoms with E-state index in [-0.39, 0.29) is 43.0 Å². The van der Waals surface area contributed by atoms with Gasteiger partial charge in [0, 0.05) is 73.1 Å². The van der Waals surface area contributed by atoms with Gasteiger partial charge in [0.2, 0.25) is 17.7 Å². The molecule has 3 saturated heterocycles. The SMILES string of the molecule is Cc1ncsc1-c1ccc([C@H](C)NC(=O)[C@@H]2C[C@@H](O)CN2C(=O)[C@@H](NC(=O)C2CCN(C(=O)c3ccc(-c4nn(C5CCCCO5)c5ccc(O[C@H](C)c6c(Cl)cncc6Cl)cc45)cc3)CC2)C(C)(C)C)cc1. The fourth-order valence-corrected chi connectivity index (χ4v) is 11.7. The van der Waals surface area contributed by atoms with E-state index in [4.69, 9.17) is 37.8 Å². The molecular weight excluding hydrogens is 988 g/mol. The summed E-state index contributed by atoms with van der Waals surface area (Å²) in [5, 5.41) is 23.7. The minimum Gasteiger partial charge on any atom is -0.486 e. The third-order valence-corrected chi connectivity index (χ3v) is 15.9. The number of piperidine rings is 1. The molecule has 6 aromatic rings. The van der Waals surface area contributed by atoms with E-state index >= 15 is 0 Å². The van der Waals surface area contributed by atoms with Crippen molar-refractivity contribution in [2.75, 3.05) is 26.2 Å². The number of likely N-dealkylation sites (tertiary alicyclic amines) is 2. The number of halogens is 2. The highest BCUT2D eigenvalue weighted by molar-refractivity contribution is 7.13.